The average molecular weight is 259 g/mol. The minimum absolute atomic E-state index is 0.252. The molecule has 98 valence electrons. The van der Waals surface area contributed by atoms with Crippen molar-refractivity contribution in [2.24, 2.45) is 0 Å². The monoisotopic (exact) mass is 259 g/mol. The highest BCUT2D eigenvalue weighted by Gasteiger charge is 2.11. The Morgan fingerprint density at radius 3 is 2.42 bits per heavy atom. The fourth-order valence-electron chi connectivity index (χ4n) is 1.51. The summed E-state index contributed by atoms with van der Waals surface area (Å²) in [7, 11) is 3.05. The van der Waals surface area contributed by atoms with E-state index < -0.39 is 0 Å². The zero-order valence-corrected chi connectivity index (χ0v) is 10.6. The number of ether oxygens (including phenoxy) is 2. The number of anilines is 1. The van der Waals surface area contributed by atoms with Crippen LogP contribution in [0.4, 0.5) is 5.95 Å². The minimum Gasteiger partial charge on any atom is -0.493 e. The predicted octanol–water partition coefficient (Wildman–Crippen LogP) is 1.75. The Bertz CT molecular complexity index is 573. The molecule has 1 amide bonds. The number of aromatic nitrogens is 2. The third kappa shape index (κ3) is 2.98. The fourth-order valence-corrected chi connectivity index (χ4v) is 1.51. The summed E-state index contributed by atoms with van der Waals surface area (Å²) >= 11 is 0. The lowest BCUT2D eigenvalue weighted by atomic mass is 10.2. The molecule has 2 aromatic rings. The van der Waals surface area contributed by atoms with E-state index in [2.05, 4.69) is 15.3 Å². The lowest BCUT2D eigenvalue weighted by Crippen LogP contribution is -2.14. The van der Waals surface area contributed by atoms with Crippen LogP contribution in [0.5, 0.6) is 11.5 Å². The Balaban J connectivity index is 2.20. The van der Waals surface area contributed by atoms with Crippen molar-refractivity contribution in [2.75, 3.05) is 19.5 Å². The number of amides is 1. The van der Waals surface area contributed by atoms with E-state index in [1.807, 2.05) is 0 Å². The van der Waals surface area contributed by atoms with Gasteiger partial charge in [-0.15, -0.1) is 0 Å². The zero-order chi connectivity index (χ0) is 13.7. The van der Waals surface area contributed by atoms with Gasteiger partial charge >= 0.3 is 0 Å². The molecule has 0 radical (unpaired) electrons. The molecular weight excluding hydrogens is 246 g/mol. The number of hydrogen-bond acceptors (Lipinski definition) is 5. The smallest absolute Gasteiger partial charge is 0.258 e. The highest BCUT2D eigenvalue weighted by atomic mass is 16.5. The molecular formula is C13H13N3O3. The Hall–Kier alpha value is -2.63. The van der Waals surface area contributed by atoms with E-state index in [0.29, 0.717) is 17.1 Å². The third-order valence-electron chi connectivity index (χ3n) is 2.44. The van der Waals surface area contributed by atoms with Crippen LogP contribution in [-0.4, -0.2) is 30.1 Å². The van der Waals surface area contributed by atoms with Crippen LogP contribution < -0.4 is 14.8 Å². The quantitative estimate of drug-likeness (QED) is 0.905. The number of carbonyl (C=O) groups excluding carboxylic acids is 1. The van der Waals surface area contributed by atoms with E-state index in [1.165, 1.54) is 14.2 Å². The first-order valence-electron chi connectivity index (χ1n) is 5.55. The number of hydrogen-bond donors (Lipinski definition) is 1. The first kappa shape index (κ1) is 12.8. The van der Waals surface area contributed by atoms with E-state index in [1.54, 1.807) is 36.7 Å². The van der Waals surface area contributed by atoms with Gasteiger partial charge in [0.25, 0.3) is 5.91 Å². The molecule has 0 aliphatic carbocycles. The van der Waals surface area contributed by atoms with Gasteiger partial charge in [0.15, 0.2) is 11.5 Å². The van der Waals surface area contributed by atoms with Crippen molar-refractivity contribution in [3.8, 4) is 11.5 Å². The highest BCUT2D eigenvalue weighted by Crippen LogP contribution is 2.27. The van der Waals surface area contributed by atoms with Gasteiger partial charge in [-0.25, -0.2) is 9.97 Å². The van der Waals surface area contributed by atoms with E-state index in [9.17, 15) is 4.79 Å². The molecule has 0 saturated carbocycles. The van der Waals surface area contributed by atoms with Gasteiger partial charge in [-0.2, -0.15) is 0 Å². The molecule has 0 unspecified atom stereocenters. The van der Waals surface area contributed by atoms with Crippen molar-refractivity contribution in [1.29, 1.82) is 0 Å². The van der Waals surface area contributed by atoms with Crippen molar-refractivity contribution in [1.82, 2.24) is 9.97 Å². The van der Waals surface area contributed by atoms with Gasteiger partial charge in [-0.05, 0) is 24.3 Å². The van der Waals surface area contributed by atoms with Crippen molar-refractivity contribution in [2.45, 2.75) is 0 Å². The lowest BCUT2D eigenvalue weighted by Gasteiger charge is -2.09. The normalized spacial score (nSPS) is 9.79. The Morgan fingerprint density at radius 1 is 1.11 bits per heavy atom. The van der Waals surface area contributed by atoms with Crippen LogP contribution in [0.1, 0.15) is 10.4 Å². The molecule has 19 heavy (non-hydrogen) atoms. The minimum atomic E-state index is -0.313. The molecule has 0 aliphatic rings. The Labute approximate surface area is 110 Å². The SMILES string of the molecule is COc1ccc(C(=O)Nc2ncccn2)cc1OC. The molecule has 6 heteroatoms. The summed E-state index contributed by atoms with van der Waals surface area (Å²) in [5, 5.41) is 2.59. The maximum Gasteiger partial charge on any atom is 0.258 e. The van der Waals surface area contributed by atoms with Crippen LogP contribution in [0.15, 0.2) is 36.7 Å². The molecule has 2 rings (SSSR count). The number of benzene rings is 1. The van der Waals surface area contributed by atoms with Crippen LogP contribution in [0, 0.1) is 0 Å². The average Bonchev–Trinajstić information content (AvgIpc) is 2.47. The summed E-state index contributed by atoms with van der Waals surface area (Å²) in [5.74, 6) is 0.994. The second kappa shape index (κ2) is 5.81. The van der Waals surface area contributed by atoms with E-state index >= 15 is 0 Å². The van der Waals surface area contributed by atoms with Crippen LogP contribution in [0.3, 0.4) is 0 Å². The first-order chi connectivity index (χ1) is 9.24. The Kier molecular flexibility index (Phi) is 3.92. The molecule has 0 saturated heterocycles. The highest BCUT2D eigenvalue weighted by molar-refractivity contribution is 6.03. The van der Waals surface area contributed by atoms with E-state index in [4.69, 9.17) is 9.47 Å². The zero-order valence-electron chi connectivity index (χ0n) is 10.6. The molecule has 1 aromatic carbocycles. The van der Waals surface area contributed by atoms with Gasteiger partial charge < -0.3 is 9.47 Å². The molecule has 0 aliphatic heterocycles. The number of nitrogens with zero attached hydrogens (tertiary/aromatic N) is 2. The molecule has 0 fully saturated rings. The number of nitrogens with one attached hydrogen (secondary N) is 1. The maximum absolute atomic E-state index is 12.0. The van der Waals surface area contributed by atoms with Gasteiger partial charge in [0.2, 0.25) is 5.95 Å². The predicted molar refractivity (Wildman–Crippen MR) is 69.5 cm³/mol. The second-order valence-electron chi connectivity index (χ2n) is 3.60. The lowest BCUT2D eigenvalue weighted by molar-refractivity contribution is 0.102. The van der Waals surface area contributed by atoms with Crippen molar-refractivity contribution >= 4 is 11.9 Å². The van der Waals surface area contributed by atoms with E-state index in [0.717, 1.165) is 0 Å². The molecule has 1 N–H and O–H groups in total. The summed E-state index contributed by atoms with van der Waals surface area (Å²) in [4.78, 5) is 19.8. The first-order valence-corrected chi connectivity index (χ1v) is 5.55. The topological polar surface area (TPSA) is 73.3 Å². The summed E-state index contributed by atoms with van der Waals surface area (Å²) in [6.07, 6.45) is 3.11. The fraction of sp³-hybridized carbons (Fsp3) is 0.154. The largest absolute Gasteiger partial charge is 0.493 e. The molecule has 0 atom stereocenters. The Morgan fingerprint density at radius 2 is 1.79 bits per heavy atom. The number of methoxy groups -OCH3 is 2. The number of rotatable bonds is 4. The maximum atomic E-state index is 12.0. The van der Waals surface area contributed by atoms with E-state index in [-0.39, 0.29) is 11.9 Å². The molecule has 0 spiro atoms. The third-order valence-corrected chi connectivity index (χ3v) is 2.44. The summed E-state index contributed by atoms with van der Waals surface area (Å²) in [6, 6.07) is 6.57. The van der Waals surface area contributed by atoms with Crippen molar-refractivity contribution in [3.63, 3.8) is 0 Å². The summed E-state index contributed by atoms with van der Waals surface area (Å²) < 4.78 is 10.2. The molecule has 1 aromatic heterocycles. The van der Waals surface area contributed by atoms with Gasteiger partial charge in [-0.3, -0.25) is 10.1 Å². The second-order valence-corrected chi connectivity index (χ2v) is 3.60. The standard InChI is InChI=1S/C13H13N3O3/c1-18-10-5-4-9(8-11(10)19-2)12(17)16-13-14-6-3-7-15-13/h3-8H,1-2H3,(H,14,15,16,17). The van der Waals surface area contributed by atoms with Gasteiger partial charge in [0.05, 0.1) is 14.2 Å². The molecule has 1 heterocycles. The van der Waals surface area contributed by atoms with Crippen molar-refractivity contribution < 1.29 is 14.3 Å². The van der Waals surface area contributed by atoms with Crippen LogP contribution in [0.2, 0.25) is 0 Å². The molecule has 6 nitrogen and oxygen atoms in total. The van der Waals surface area contributed by atoms with Gasteiger partial charge in [0, 0.05) is 18.0 Å². The van der Waals surface area contributed by atoms with Crippen LogP contribution in [-0.2, 0) is 0 Å². The van der Waals surface area contributed by atoms with Gasteiger partial charge in [-0.1, -0.05) is 0 Å². The number of carbonyl (C=O) groups is 1. The van der Waals surface area contributed by atoms with Gasteiger partial charge in [0.1, 0.15) is 0 Å². The van der Waals surface area contributed by atoms with Crippen molar-refractivity contribution in [3.05, 3.63) is 42.2 Å². The molecule has 0 bridgehead atoms. The summed E-state index contributed by atoms with van der Waals surface area (Å²) in [5.41, 5.74) is 0.435. The summed E-state index contributed by atoms with van der Waals surface area (Å²) in [6.45, 7) is 0. The van der Waals surface area contributed by atoms with Crippen LogP contribution >= 0.6 is 0 Å². The van der Waals surface area contributed by atoms with Crippen LogP contribution in [0.25, 0.3) is 0 Å².